The Hall–Kier alpha value is 0.170. The van der Waals surface area contributed by atoms with Crippen molar-refractivity contribution in [2.24, 2.45) is 0 Å². The second kappa shape index (κ2) is 3.21. The summed E-state index contributed by atoms with van der Waals surface area (Å²) in [6.07, 6.45) is 0.625. The molecule has 0 atom stereocenters. The summed E-state index contributed by atoms with van der Waals surface area (Å²) in [6, 6.07) is 0. The van der Waals surface area contributed by atoms with Gasteiger partial charge in [0.05, 0.1) is 0 Å². The Morgan fingerprint density at radius 3 is 2.43 bits per heavy atom. The summed E-state index contributed by atoms with van der Waals surface area (Å²) >= 11 is 0. The molecule has 2 N–H and O–H groups in total. The molecule has 1 saturated heterocycles. The Balaban J connectivity index is 0.000000360. The molecule has 7 heavy (non-hydrogen) atoms. The summed E-state index contributed by atoms with van der Waals surface area (Å²) in [5.41, 5.74) is 5.10. The summed E-state index contributed by atoms with van der Waals surface area (Å²) in [7, 11) is 0. The van der Waals surface area contributed by atoms with E-state index in [1.165, 1.54) is 0 Å². The molecule has 0 saturated carbocycles. The smallest absolute Gasteiger partial charge is 0.235 e. The molecule has 3 nitrogen and oxygen atoms in total. The van der Waals surface area contributed by atoms with E-state index >= 15 is 0 Å². The molecule has 1 heterocycles. The van der Waals surface area contributed by atoms with Crippen molar-refractivity contribution in [2.75, 3.05) is 6.54 Å². The van der Waals surface area contributed by atoms with Gasteiger partial charge in [0.2, 0.25) is 5.91 Å². The zero-order chi connectivity index (χ0) is 4.41. The number of carbonyl (C=O) groups is 1. The number of hydrazine groups is 1. The minimum Gasteiger partial charge on any atom is -0.292 e. The Morgan fingerprint density at radius 1 is 1.57 bits per heavy atom. The zero-order valence-electron chi connectivity index (χ0n) is 3.62. The van der Waals surface area contributed by atoms with Gasteiger partial charge in [-0.05, 0) is 0 Å². The van der Waals surface area contributed by atoms with Crippen LogP contribution in [0.2, 0.25) is 0 Å². The van der Waals surface area contributed by atoms with Gasteiger partial charge in [-0.25, -0.2) is 5.43 Å². The first kappa shape index (κ1) is 7.17. The normalized spacial score (nSPS) is 18.0. The van der Waals surface area contributed by atoms with Crippen molar-refractivity contribution in [3.05, 3.63) is 0 Å². The minimum atomic E-state index is 0. The number of rotatable bonds is 0. The molecule has 0 aromatic rings. The first-order valence-corrected chi connectivity index (χ1v) is 1.91. The van der Waals surface area contributed by atoms with Gasteiger partial charge in [-0.15, -0.1) is 0 Å². The van der Waals surface area contributed by atoms with E-state index in [1.807, 2.05) is 0 Å². The van der Waals surface area contributed by atoms with E-state index in [0.717, 1.165) is 6.54 Å². The van der Waals surface area contributed by atoms with Gasteiger partial charge < -0.3 is 0 Å². The summed E-state index contributed by atoms with van der Waals surface area (Å²) in [5.74, 6) is 0.0926. The van der Waals surface area contributed by atoms with Gasteiger partial charge in [0, 0.05) is 35.3 Å². The molecule has 0 bridgehead atoms. The van der Waals surface area contributed by atoms with Crippen LogP contribution in [0.4, 0.5) is 0 Å². The fraction of sp³-hybridized carbons (Fsp3) is 0.667. The van der Waals surface area contributed by atoms with Gasteiger partial charge in [0.15, 0.2) is 0 Å². The topological polar surface area (TPSA) is 41.1 Å². The maximum Gasteiger partial charge on any atom is 0.235 e. The van der Waals surface area contributed by atoms with E-state index in [4.69, 9.17) is 0 Å². The van der Waals surface area contributed by atoms with Crippen LogP contribution in [-0.2, 0) is 27.2 Å². The second-order valence-corrected chi connectivity index (χ2v) is 1.22. The van der Waals surface area contributed by atoms with Crippen LogP contribution in [0.1, 0.15) is 6.42 Å². The van der Waals surface area contributed by atoms with E-state index in [1.54, 1.807) is 0 Å². The van der Waals surface area contributed by atoms with Crippen LogP contribution in [0.5, 0.6) is 0 Å². The molecule has 45 valence electrons. The van der Waals surface area contributed by atoms with E-state index in [9.17, 15) is 4.79 Å². The third-order valence-electron chi connectivity index (χ3n) is 0.705. The summed E-state index contributed by atoms with van der Waals surface area (Å²) in [4.78, 5) is 10.1. The van der Waals surface area contributed by atoms with Crippen LogP contribution in [-0.4, -0.2) is 12.5 Å². The van der Waals surface area contributed by atoms with Gasteiger partial charge in [0.1, 0.15) is 0 Å². The fourth-order valence-electron chi connectivity index (χ4n) is 0.400. The summed E-state index contributed by atoms with van der Waals surface area (Å²) in [6.45, 7) is 0.777. The average molecular weight is 194 g/mol. The maximum absolute atomic E-state index is 10.1. The van der Waals surface area contributed by atoms with Crippen LogP contribution in [0.3, 0.4) is 0 Å². The number of nitrogens with one attached hydrogen (secondary N) is 2. The van der Waals surface area contributed by atoms with Crippen molar-refractivity contribution >= 4 is 5.91 Å². The Labute approximate surface area is 57.3 Å². The fourth-order valence-corrected chi connectivity index (χ4v) is 0.400. The van der Waals surface area contributed by atoms with Gasteiger partial charge in [0.25, 0.3) is 0 Å². The monoisotopic (exact) mass is 193 g/mol. The molecule has 4 heteroatoms. The summed E-state index contributed by atoms with van der Waals surface area (Å²) < 4.78 is 0. The molecule has 1 rings (SSSR count). The van der Waals surface area contributed by atoms with Crippen LogP contribution in [0.25, 0.3) is 0 Å². The largest absolute Gasteiger partial charge is 0.292 e. The number of amides is 1. The maximum atomic E-state index is 10.1. The molecule has 1 radical (unpaired) electrons. The predicted octanol–water partition coefficient (Wildman–Crippen LogP) is -0.992. The molecule has 0 aromatic heterocycles. The second-order valence-electron chi connectivity index (χ2n) is 1.22. The van der Waals surface area contributed by atoms with Crippen molar-refractivity contribution in [3.63, 3.8) is 0 Å². The molecule has 1 fully saturated rings. The van der Waals surface area contributed by atoms with Crippen LogP contribution in [0, 0.1) is 0 Å². The van der Waals surface area contributed by atoms with Crippen LogP contribution in [0.15, 0.2) is 0 Å². The van der Waals surface area contributed by atoms with Crippen LogP contribution < -0.4 is 10.9 Å². The zero-order valence-corrected chi connectivity index (χ0v) is 5.11. The molecule has 1 aliphatic heterocycles. The SMILES string of the molecule is O=C1CCNN1.[Ag]. The molecule has 0 aliphatic carbocycles. The molecule has 0 aromatic carbocycles. The number of hydrogen-bond acceptors (Lipinski definition) is 2. The Morgan fingerprint density at radius 2 is 2.29 bits per heavy atom. The van der Waals surface area contributed by atoms with Crippen molar-refractivity contribution in [2.45, 2.75) is 6.42 Å². The van der Waals surface area contributed by atoms with Gasteiger partial charge in [-0.1, -0.05) is 0 Å². The van der Waals surface area contributed by atoms with Gasteiger partial charge in [-0.2, -0.15) is 0 Å². The quantitative estimate of drug-likeness (QED) is 0.486. The van der Waals surface area contributed by atoms with Crippen molar-refractivity contribution in [1.82, 2.24) is 10.9 Å². The Bertz CT molecular complexity index is 67.3. The third kappa shape index (κ3) is 2.09. The van der Waals surface area contributed by atoms with E-state index in [0.29, 0.717) is 6.42 Å². The predicted molar refractivity (Wildman–Crippen MR) is 20.8 cm³/mol. The Kier molecular flexibility index (Phi) is 3.29. The van der Waals surface area contributed by atoms with Gasteiger partial charge >= 0.3 is 0 Å². The molecule has 1 amide bonds. The molecule has 0 spiro atoms. The molecular formula is C3H6AgN2O. The molecule has 0 unspecified atom stereocenters. The first-order valence-electron chi connectivity index (χ1n) is 1.91. The third-order valence-corrected chi connectivity index (χ3v) is 0.705. The number of carbonyl (C=O) groups excluding carboxylic acids is 1. The van der Waals surface area contributed by atoms with E-state index < -0.39 is 0 Å². The molecular weight excluding hydrogens is 188 g/mol. The number of hydrogen-bond donors (Lipinski definition) is 2. The first-order chi connectivity index (χ1) is 2.89. The minimum absolute atomic E-state index is 0. The van der Waals surface area contributed by atoms with Crippen molar-refractivity contribution < 1.29 is 27.2 Å². The standard InChI is InChI=1S/C3H6N2O.Ag/c6-3-1-2-4-5-3;/h4H,1-2H2,(H,5,6);. The van der Waals surface area contributed by atoms with Crippen LogP contribution >= 0.6 is 0 Å². The van der Waals surface area contributed by atoms with E-state index in [2.05, 4.69) is 10.9 Å². The summed E-state index contributed by atoms with van der Waals surface area (Å²) in [5, 5.41) is 0. The average Bonchev–Trinajstić information content (AvgIpc) is 1.86. The van der Waals surface area contributed by atoms with Crippen molar-refractivity contribution in [1.29, 1.82) is 0 Å². The van der Waals surface area contributed by atoms with Gasteiger partial charge in [-0.3, -0.25) is 10.2 Å². The van der Waals surface area contributed by atoms with Crippen molar-refractivity contribution in [3.8, 4) is 0 Å². The van der Waals surface area contributed by atoms with E-state index in [-0.39, 0.29) is 28.3 Å². The molecule has 1 aliphatic rings.